The van der Waals surface area contributed by atoms with Gasteiger partial charge in [-0.3, -0.25) is 0 Å². The van der Waals surface area contributed by atoms with Crippen molar-refractivity contribution in [2.24, 2.45) is 0 Å². The Hall–Kier alpha value is -0.730. The normalized spacial score (nSPS) is 17.6. The molecule has 1 saturated carbocycles. The molecule has 0 spiro atoms. The number of hydrogen-bond acceptors (Lipinski definition) is 1. The maximum atomic E-state index is 10.4. The zero-order chi connectivity index (χ0) is 5.98. The maximum absolute atomic E-state index is 10.4. The third-order valence-corrected chi connectivity index (χ3v) is 1.14. The molecule has 0 saturated heterocycles. The van der Waals surface area contributed by atoms with E-state index < -0.39 is 0 Å². The lowest BCUT2D eigenvalue weighted by atomic mass is 10.7. The molecule has 1 fully saturated rings. The summed E-state index contributed by atoms with van der Waals surface area (Å²) in [5, 5.41) is 5.24. The van der Waals surface area contributed by atoms with Crippen LogP contribution in [0.4, 0.5) is 4.79 Å². The molecule has 0 bridgehead atoms. The maximum Gasteiger partial charge on any atom is 0.314 e. The SMILES string of the molecule is CNC(=O)NC1CC1. The fourth-order valence-electron chi connectivity index (χ4n) is 0.485. The lowest BCUT2D eigenvalue weighted by Crippen LogP contribution is -2.34. The van der Waals surface area contributed by atoms with Crippen LogP contribution in [0.2, 0.25) is 0 Å². The van der Waals surface area contributed by atoms with Crippen LogP contribution in [-0.2, 0) is 0 Å². The molecule has 1 aliphatic rings. The van der Waals surface area contributed by atoms with Crippen molar-refractivity contribution >= 4 is 6.03 Å². The van der Waals surface area contributed by atoms with Crippen molar-refractivity contribution in [2.75, 3.05) is 7.05 Å². The Morgan fingerprint density at radius 1 is 1.62 bits per heavy atom. The summed E-state index contributed by atoms with van der Waals surface area (Å²) in [5.74, 6) is 0. The molecule has 0 heterocycles. The quantitative estimate of drug-likeness (QED) is 0.498. The molecule has 8 heavy (non-hydrogen) atoms. The summed E-state index contributed by atoms with van der Waals surface area (Å²) < 4.78 is 0. The monoisotopic (exact) mass is 114 g/mol. The van der Waals surface area contributed by atoms with Gasteiger partial charge < -0.3 is 10.6 Å². The minimum atomic E-state index is -0.0625. The molecule has 46 valence electrons. The molecule has 0 atom stereocenters. The molecule has 0 aliphatic heterocycles. The van der Waals surface area contributed by atoms with E-state index >= 15 is 0 Å². The summed E-state index contributed by atoms with van der Waals surface area (Å²) in [6.07, 6.45) is 2.29. The van der Waals surface area contributed by atoms with Crippen molar-refractivity contribution in [1.29, 1.82) is 0 Å². The van der Waals surface area contributed by atoms with E-state index in [0.717, 1.165) is 12.8 Å². The predicted molar refractivity (Wildman–Crippen MR) is 30.6 cm³/mol. The average Bonchev–Trinajstić information content (AvgIpc) is 2.50. The summed E-state index contributed by atoms with van der Waals surface area (Å²) in [4.78, 5) is 10.4. The Labute approximate surface area is 48.5 Å². The largest absolute Gasteiger partial charge is 0.341 e. The smallest absolute Gasteiger partial charge is 0.314 e. The summed E-state index contributed by atoms with van der Waals surface area (Å²) >= 11 is 0. The highest BCUT2D eigenvalue weighted by Crippen LogP contribution is 2.17. The van der Waals surface area contributed by atoms with Crippen LogP contribution >= 0.6 is 0 Å². The Bertz CT molecular complexity index is 98.6. The lowest BCUT2D eigenvalue weighted by Gasteiger charge is -1.98. The minimum Gasteiger partial charge on any atom is -0.341 e. The number of rotatable bonds is 1. The summed E-state index contributed by atoms with van der Waals surface area (Å²) in [6, 6.07) is 0.405. The van der Waals surface area contributed by atoms with Crippen LogP contribution in [0, 0.1) is 0 Å². The Kier molecular flexibility index (Phi) is 1.37. The van der Waals surface area contributed by atoms with Crippen molar-refractivity contribution in [1.82, 2.24) is 10.6 Å². The fourth-order valence-corrected chi connectivity index (χ4v) is 0.485. The van der Waals surface area contributed by atoms with E-state index in [4.69, 9.17) is 0 Å². The second-order valence-electron chi connectivity index (χ2n) is 2.00. The van der Waals surface area contributed by atoms with Crippen LogP contribution in [0.5, 0.6) is 0 Å². The van der Waals surface area contributed by atoms with Crippen molar-refractivity contribution < 1.29 is 4.79 Å². The highest BCUT2D eigenvalue weighted by Gasteiger charge is 2.22. The zero-order valence-electron chi connectivity index (χ0n) is 4.90. The van der Waals surface area contributed by atoms with E-state index in [1.807, 2.05) is 0 Å². The first-order valence-electron chi connectivity index (χ1n) is 2.81. The third-order valence-electron chi connectivity index (χ3n) is 1.14. The molecule has 2 amide bonds. The van der Waals surface area contributed by atoms with E-state index in [1.54, 1.807) is 7.05 Å². The number of carbonyl (C=O) groups excluding carboxylic acids is 1. The predicted octanol–water partition coefficient (Wildman–Crippen LogP) is 0.0778. The van der Waals surface area contributed by atoms with E-state index in [9.17, 15) is 4.79 Å². The van der Waals surface area contributed by atoms with E-state index in [0.29, 0.717) is 6.04 Å². The van der Waals surface area contributed by atoms with E-state index in [2.05, 4.69) is 10.6 Å². The summed E-state index contributed by atoms with van der Waals surface area (Å²) in [5.41, 5.74) is 0. The number of urea groups is 1. The van der Waals surface area contributed by atoms with Gasteiger partial charge in [-0.1, -0.05) is 0 Å². The van der Waals surface area contributed by atoms with Crippen LogP contribution in [0.1, 0.15) is 12.8 Å². The lowest BCUT2D eigenvalue weighted by molar-refractivity contribution is 0.242. The molecule has 0 radical (unpaired) electrons. The molecule has 0 aromatic carbocycles. The van der Waals surface area contributed by atoms with Gasteiger partial charge in [-0.05, 0) is 12.8 Å². The first-order valence-corrected chi connectivity index (χ1v) is 2.81. The van der Waals surface area contributed by atoms with Gasteiger partial charge in [0.1, 0.15) is 0 Å². The van der Waals surface area contributed by atoms with Gasteiger partial charge in [0.25, 0.3) is 0 Å². The molecule has 3 heteroatoms. The van der Waals surface area contributed by atoms with Gasteiger partial charge >= 0.3 is 6.03 Å². The van der Waals surface area contributed by atoms with Crippen LogP contribution in [0.25, 0.3) is 0 Å². The van der Waals surface area contributed by atoms with Crippen molar-refractivity contribution in [2.45, 2.75) is 18.9 Å². The van der Waals surface area contributed by atoms with Gasteiger partial charge in [0.15, 0.2) is 0 Å². The minimum absolute atomic E-state index is 0.0625. The van der Waals surface area contributed by atoms with Crippen molar-refractivity contribution in [3.8, 4) is 0 Å². The number of hydrogen-bond donors (Lipinski definition) is 2. The Morgan fingerprint density at radius 2 is 2.25 bits per heavy atom. The summed E-state index contributed by atoms with van der Waals surface area (Å²) in [7, 11) is 1.62. The molecule has 1 aliphatic carbocycles. The van der Waals surface area contributed by atoms with E-state index in [1.165, 1.54) is 0 Å². The Balaban J connectivity index is 2.07. The second-order valence-corrected chi connectivity index (χ2v) is 2.00. The Morgan fingerprint density at radius 3 is 2.62 bits per heavy atom. The summed E-state index contributed by atoms with van der Waals surface area (Å²) in [6.45, 7) is 0. The number of carbonyl (C=O) groups is 1. The standard InChI is InChI=1S/C5H10N2O/c1-6-5(8)7-4-2-3-4/h4H,2-3H2,1H3,(H2,6,7,8). The van der Waals surface area contributed by atoms with Crippen LogP contribution in [0.15, 0.2) is 0 Å². The highest BCUT2D eigenvalue weighted by atomic mass is 16.2. The first-order chi connectivity index (χ1) is 3.83. The highest BCUT2D eigenvalue weighted by molar-refractivity contribution is 5.74. The second kappa shape index (κ2) is 2.03. The topological polar surface area (TPSA) is 41.1 Å². The third kappa shape index (κ3) is 1.40. The van der Waals surface area contributed by atoms with Gasteiger partial charge in [-0.15, -0.1) is 0 Å². The molecule has 1 rings (SSSR count). The molecular formula is C5H10N2O. The van der Waals surface area contributed by atoms with Crippen molar-refractivity contribution in [3.63, 3.8) is 0 Å². The molecule has 0 aromatic rings. The van der Waals surface area contributed by atoms with Crippen LogP contribution in [0.3, 0.4) is 0 Å². The molecule has 3 nitrogen and oxygen atoms in total. The number of amides is 2. The van der Waals surface area contributed by atoms with Gasteiger partial charge in [0.2, 0.25) is 0 Å². The van der Waals surface area contributed by atoms with Gasteiger partial charge in [0, 0.05) is 13.1 Å². The van der Waals surface area contributed by atoms with E-state index in [-0.39, 0.29) is 6.03 Å². The fraction of sp³-hybridized carbons (Fsp3) is 0.800. The van der Waals surface area contributed by atoms with Gasteiger partial charge in [-0.25, -0.2) is 4.79 Å². The van der Waals surface area contributed by atoms with Gasteiger partial charge in [-0.2, -0.15) is 0 Å². The van der Waals surface area contributed by atoms with Crippen LogP contribution in [-0.4, -0.2) is 19.1 Å². The molecular weight excluding hydrogens is 104 g/mol. The first kappa shape index (κ1) is 5.41. The van der Waals surface area contributed by atoms with Crippen molar-refractivity contribution in [3.05, 3.63) is 0 Å². The molecule has 0 unspecified atom stereocenters. The molecule has 2 N–H and O–H groups in total. The van der Waals surface area contributed by atoms with Gasteiger partial charge in [0.05, 0.1) is 0 Å². The zero-order valence-corrected chi connectivity index (χ0v) is 4.90. The average molecular weight is 114 g/mol. The number of nitrogens with one attached hydrogen (secondary N) is 2. The van der Waals surface area contributed by atoms with Crippen LogP contribution < -0.4 is 10.6 Å². The molecule has 0 aromatic heterocycles.